The number of hydrogen-bond acceptors (Lipinski definition) is 4. The lowest BCUT2D eigenvalue weighted by atomic mass is 9.95. The molecule has 3 aliphatic rings. The van der Waals surface area contributed by atoms with Crippen molar-refractivity contribution in [2.45, 2.75) is 31.3 Å². The van der Waals surface area contributed by atoms with Gasteiger partial charge in [0.2, 0.25) is 15.9 Å². The average molecular weight is 244 g/mol. The number of nitrogens with zero attached hydrogens (tertiary/aromatic N) is 1. The monoisotopic (exact) mass is 244 g/mol. The fourth-order valence-electron chi connectivity index (χ4n) is 3.17. The van der Waals surface area contributed by atoms with E-state index in [1.807, 2.05) is 0 Å². The van der Waals surface area contributed by atoms with Gasteiger partial charge in [0, 0.05) is 6.04 Å². The van der Waals surface area contributed by atoms with E-state index in [1.54, 1.807) is 0 Å². The molecule has 3 fully saturated rings. The summed E-state index contributed by atoms with van der Waals surface area (Å²) in [5, 5.41) is 3.30. The Morgan fingerprint density at radius 1 is 1.31 bits per heavy atom. The molecule has 2 heterocycles. The van der Waals surface area contributed by atoms with Crippen LogP contribution in [-0.2, 0) is 14.8 Å². The molecule has 3 rings (SSSR count). The van der Waals surface area contributed by atoms with E-state index in [0.29, 0.717) is 5.92 Å². The molecule has 1 N–H and O–H groups in total. The van der Waals surface area contributed by atoms with E-state index in [1.165, 1.54) is 0 Å². The van der Waals surface area contributed by atoms with Gasteiger partial charge in [-0.1, -0.05) is 0 Å². The third-order valence-corrected chi connectivity index (χ3v) is 5.08. The van der Waals surface area contributed by atoms with Crippen LogP contribution in [0.1, 0.15) is 19.3 Å². The highest BCUT2D eigenvalue weighted by Gasteiger charge is 2.57. The molecule has 2 aliphatic heterocycles. The lowest BCUT2D eigenvalue weighted by Crippen LogP contribution is -2.39. The number of carbonyl (C=O) groups excluding carboxylic acids is 1. The number of sulfonamides is 1. The number of fused-ring (bicyclic) bond motifs is 1. The highest BCUT2D eigenvalue weighted by molar-refractivity contribution is 7.88. The van der Waals surface area contributed by atoms with E-state index in [0.717, 1.165) is 36.4 Å². The van der Waals surface area contributed by atoms with E-state index in [4.69, 9.17) is 0 Å². The van der Waals surface area contributed by atoms with Gasteiger partial charge in [0.25, 0.3) is 0 Å². The van der Waals surface area contributed by atoms with Crippen molar-refractivity contribution in [1.82, 2.24) is 9.62 Å². The minimum Gasteiger partial charge on any atom is -0.311 e. The van der Waals surface area contributed by atoms with Gasteiger partial charge in [-0.3, -0.25) is 4.79 Å². The minimum absolute atomic E-state index is 0.0646. The summed E-state index contributed by atoms with van der Waals surface area (Å²) >= 11 is 0. The summed E-state index contributed by atoms with van der Waals surface area (Å²) in [6.45, 7) is 0.817. The van der Waals surface area contributed by atoms with Gasteiger partial charge in [-0.15, -0.1) is 0 Å². The Hall–Kier alpha value is -0.620. The van der Waals surface area contributed by atoms with Gasteiger partial charge in [-0.2, -0.15) is 0 Å². The first-order valence-electron chi connectivity index (χ1n) is 5.77. The molecule has 0 bridgehead atoms. The molecule has 3 atom stereocenters. The molecule has 0 unspecified atom stereocenters. The molecule has 0 radical (unpaired) electrons. The Labute approximate surface area is 95.2 Å². The van der Waals surface area contributed by atoms with Crippen LogP contribution in [0.4, 0.5) is 0 Å². The number of amides is 1. The predicted molar refractivity (Wildman–Crippen MR) is 58.1 cm³/mol. The molecule has 5 nitrogen and oxygen atoms in total. The normalized spacial score (nSPS) is 39.2. The first-order chi connectivity index (χ1) is 7.50. The third kappa shape index (κ3) is 1.39. The van der Waals surface area contributed by atoms with Crippen LogP contribution in [0, 0.1) is 11.8 Å². The summed E-state index contributed by atoms with van der Waals surface area (Å²) in [5.41, 5.74) is 0. The van der Waals surface area contributed by atoms with Crippen molar-refractivity contribution in [1.29, 1.82) is 0 Å². The summed E-state index contributed by atoms with van der Waals surface area (Å²) in [6, 6.07) is -0.0668. The second kappa shape index (κ2) is 3.20. The lowest BCUT2D eigenvalue weighted by Gasteiger charge is -2.20. The molecule has 2 saturated heterocycles. The van der Waals surface area contributed by atoms with Crippen LogP contribution in [0.5, 0.6) is 0 Å². The van der Waals surface area contributed by atoms with Gasteiger partial charge in [0.05, 0.1) is 18.2 Å². The largest absolute Gasteiger partial charge is 0.311 e. The zero-order valence-corrected chi connectivity index (χ0v) is 10.0. The number of rotatable bonds is 2. The van der Waals surface area contributed by atoms with Gasteiger partial charge in [-0.05, 0) is 31.7 Å². The Kier molecular flexibility index (Phi) is 2.10. The molecular weight excluding hydrogens is 228 g/mol. The van der Waals surface area contributed by atoms with Gasteiger partial charge in [0.15, 0.2) is 0 Å². The maximum absolute atomic E-state index is 12.2. The molecule has 16 heavy (non-hydrogen) atoms. The van der Waals surface area contributed by atoms with Crippen molar-refractivity contribution in [3.63, 3.8) is 0 Å². The highest BCUT2D eigenvalue weighted by Crippen LogP contribution is 2.46. The maximum Gasteiger partial charge on any atom is 0.241 e. The van der Waals surface area contributed by atoms with E-state index >= 15 is 0 Å². The fraction of sp³-hybridized carbons (Fsp3) is 0.900. The molecule has 1 saturated carbocycles. The van der Waals surface area contributed by atoms with Crippen LogP contribution in [0.25, 0.3) is 0 Å². The van der Waals surface area contributed by atoms with Crippen LogP contribution in [0.15, 0.2) is 0 Å². The van der Waals surface area contributed by atoms with Crippen LogP contribution >= 0.6 is 0 Å². The van der Waals surface area contributed by atoms with E-state index in [2.05, 4.69) is 5.32 Å². The molecule has 0 aromatic carbocycles. The summed E-state index contributed by atoms with van der Waals surface area (Å²) in [7, 11) is -3.40. The SMILES string of the molecule is CS(=O)(=O)N1C(=O)[C@H](C2CC2)[C@H]2NCC[C@@H]21. The standard InChI is InChI=1S/C10H16N2O3S/c1-16(14,15)12-7-4-5-11-9(7)8(10(12)13)6-2-3-6/h6-9,11H,2-5H2,1H3/t7-,8+,9-/m0/s1. The molecule has 1 amide bonds. The summed E-state index contributed by atoms with van der Waals surface area (Å²) in [5.74, 6) is 0.145. The van der Waals surface area contributed by atoms with Gasteiger partial charge < -0.3 is 5.32 Å². The Morgan fingerprint density at radius 3 is 2.56 bits per heavy atom. The quantitative estimate of drug-likeness (QED) is 0.714. The topological polar surface area (TPSA) is 66.5 Å². The maximum atomic E-state index is 12.2. The number of hydrogen-bond donors (Lipinski definition) is 1. The van der Waals surface area contributed by atoms with Crippen LogP contribution in [0.2, 0.25) is 0 Å². The van der Waals surface area contributed by atoms with E-state index < -0.39 is 10.0 Å². The first kappa shape index (κ1) is 10.5. The third-order valence-electron chi connectivity index (χ3n) is 3.91. The van der Waals surface area contributed by atoms with Crippen molar-refractivity contribution >= 4 is 15.9 Å². The fourth-order valence-corrected chi connectivity index (χ4v) is 4.34. The molecule has 1 aliphatic carbocycles. The number of carbonyl (C=O) groups is 1. The lowest BCUT2D eigenvalue weighted by molar-refractivity contribution is -0.128. The molecule has 0 aromatic heterocycles. The Bertz CT molecular complexity index is 429. The second-order valence-corrected chi connectivity index (χ2v) is 6.96. The number of nitrogens with one attached hydrogen (secondary N) is 1. The van der Waals surface area contributed by atoms with Crippen molar-refractivity contribution in [2.75, 3.05) is 12.8 Å². The molecular formula is C10H16N2O3S. The Balaban J connectivity index is 1.98. The van der Waals surface area contributed by atoms with E-state index in [9.17, 15) is 13.2 Å². The first-order valence-corrected chi connectivity index (χ1v) is 7.61. The highest BCUT2D eigenvalue weighted by atomic mass is 32.2. The van der Waals surface area contributed by atoms with Crippen molar-refractivity contribution in [2.24, 2.45) is 11.8 Å². The van der Waals surface area contributed by atoms with Crippen LogP contribution in [0.3, 0.4) is 0 Å². The molecule has 0 aromatic rings. The van der Waals surface area contributed by atoms with E-state index in [-0.39, 0.29) is 23.9 Å². The van der Waals surface area contributed by atoms with Crippen molar-refractivity contribution in [3.8, 4) is 0 Å². The summed E-state index contributed by atoms with van der Waals surface area (Å²) in [6.07, 6.45) is 4.03. The van der Waals surface area contributed by atoms with Crippen molar-refractivity contribution in [3.05, 3.63) is 0 Å². The summed E-state index contributed by atoms with van der Waals surface area (Å²) in [4.78, 5) is 12.2. The molecule has 6 heteroatoms. The van der Waals surface area contributed by atoms with Crippen LogP contribution < -0.4 is 5.32 Å². The second-order valence-electron chi connectivity index (χ2n) is 5.10. The minimum atomic E-state index is -3.40. The smallest absolute Gasteiger partial charge is 0.241 e. The van der Waals surface area contributed by atoms with Gasteiger partial charge in [-0.25, -0.2) is 12.7 Å². The van der Waals surface area contributed by atoms with Crippen molar-refractivity contribution < 1.29 is 13.2 Å². The van der Waals surface area contributed by atoms with Gasteiger partial charge in [0.1, 0.15) is 0 Å². The average Bonchev–Trinajstić information content (AvgIpc) is 2.78. The predicted octanol–water partition coefficient (Wildman–Crippen LogP) is -0.455. The van der Waals surface area contributed by atoms with Gasteiger partial charge >= 0.3 is 0 Å². The molecule has 90 valence electrons. The molecule has 0 spiro atoms. The Morgan fingerprint density at radius 2 is 2.00 bits per heavy atom. The van der Waals surface area contributed by atoms with Crippen LogP contribution in [-0.4, -0.2) is 43.5 Å². The zero-order chi connectivity index (χ0) is 11.5. The zero-order valence-electron chi connectivity index (χ0n) is 9.22. The summed E-state index contributed by atoms with van der Waals surface area (Å²) < 4.78 is 24.4.